The second-order valence-electron chi connectivity index (χ2n) is 5.91. The van der Waals surface area contributed by atoms with Gasteiger partial charge in [0.15, 0.2) is 16.4 Å². The summed E-state index contributed by atoms with van der Waals surface area (Å²) in [6, 6.07) is 10.7. The van der Waals surface area contributed by atoms with Gasteiger partial charge < -0.3 is 14.1 Å². The van der Waals surface area contributed by atoms with Crippen molar-refractivity contribution in [1.29, 1.82) is 0 Å². The molecule has 1 aromatic carbocycles. The predicted octanol–water partition coefficient (Wildman–Crippen LogP) is 1.79. The lowest BCUT2D eigenvalue weighted by Gasteiger charge is -2.38. The number of nitrogens with zero attached hydrogens (tertiary/aromatic N) is 1. The van der Waals surface area contributed by atoms with Crippen LogP contribution in [0, 0.1) is 6.92 Å². The van der Waals surface area contributed by atoms with Gasteiger partial charge in [0, 0.05) is 13.1 Å². The molecule has 1 aliphatic rings. The first-order valence-electron chi connectivity index (χ1n) is 7.65. The van der Waals surface area contributed by atoms with E-state index in [2.05, 4.69) is 0 Å². The van der Waals surface area contributed by atoms with Gasteiger partial charge in [-0.15, -0.1) is 0 Å². The quantitative estimate of drug-likeness (QED) is 0.795. The van der Waals surface area contributed by atoms with Gasteiger partial charge in [0.2, 0.25) is 0 Å². The van der Waals surface area contributed by atoms with Crippen molar-refractivity contribution in [3.05, 3.63) is 54.0 Å². The van der Waals surface area contributed by atoms with Gasteiger partial charge in [0.25, 0.3) is 5.91 Å². The maximum atomic E-state index is 12.2. The summed E-state index contributed by atoms with van der Waals surface area (Å²) in [5.74, 6) is 0.700. The first kappa shape index (κ1) is 16.6. The van der Waals surface area contributed by atoms with Crippen LogP contribution in [-0.4, -0.2) is 44.2 Å². The fraction of sp³-hybridized carbons (Fsp3) is 0.353. The van der Waals surface area contributed by atoms with E-state index in [0.717, 1.165) is 5.56 Å². The summed E-state index contributed by atoms with van der Waals surface area (Å²) in [6.07, 6.45) is 1.45. The molecule has 0 unspecified atom stereocenters. The van der Waals surface area contributed by atoms with Crippen LogP contribution in [0.2, 0.25) is 0 Å². The molecule has 2 heterocycles. The largest absolute Gasteiger partial charge is 0.484 e. The molecule has 0 bridgehead atoms. The number of hydrogen-bond acceptors (Lipinski definition) is 5. The monoisotopic (exact) mass is 349 g/mol. The van der Waals surface area contributed by atoms with Crippen molar-refractivity contribution < 1.29 is 22.4 Å². The Hall–Kier alpha value is -2.28. The van der Waals surface area contributed by atoms with Crippen LogP contribution in [0.15, 0.2) is 47.1 Å². The summed E-state index contributed by atoms with van der Waals surface area (Å²) in [5.41, 5.74) is 1.11. The Morgan fingerprint density at radius 3 is 2.58 bits per heavy atom. The lowest BCUT2D eigenvalue weighted by atomic mass is 10.2. The highest BCUT2D eigenvalue weighted by atomic mass is 32.2. The molecule has 128 valence electrons. The molecule has 1 aromatic heterocycles. The van der Waals surface area contributed by atoms with Gasteiger partial charge in [-0.1, -0.05) is 17.7 Å². The molecule has 7 heteroatoms. The molecule has 1 fully saturated rings. The molecule has 1 saturated heterocycles. The van der Waals surface area contributed by atoms with Crippen LogP contribution in [0.5, 0.6) is 5.75 Å². The molecule has 0 saturated carbocycles. The summed E-state index contributed by atoms with van der Waals surface area (Å²) in [5, 5.41) is -0.536. The SMILES string of the molecule is Cc1ccc(OCC(=O)N2CC(S(=O)(=O)Cc3ccco3)C2)cc1. The highest BCUT2D eigenvalue weighted by Crippen LogP contribution is 2.21. The Labute approximate surface area is 140 Å². The van der Waals surface area contributed by atoms with Gasteiger partial charge >= 0.3 is 0 Å². The molecule has 24 heavy (non-hydrogen) atoms. The lowest BCUT2D eigenvalue weighted by molar-refractivity contribution is -0.136. The van der Waals surface area contributed by atoms with E-state index in [1.807, 2.05) is 19.1 Å². The third kappa shape index (κ3) is 3.79. The van der Waals surface area contributed by atoms with E-state index in [1.165, 1.54) is 11.2 Å². The molecule has 0 radical (unpaired) electrons. The van der Waals surface area contributed by atoms with Crippen LogP contribution in [0.1, 0.15) is 11.3 Å². The summed E-state index contributed by atoms with van der Waals surface area (Å²) < 4.78 is 35.0. The van der Waals surface area contributed by atoms with Crippen molar-refractivity contribution >= 4 is 15.7 Å². The van der Waals surface area contributed by atoms with Crippen LogP contribution in [0.4, 0.5) is 0 Å². The van der Waals surface area contributed by atoms with E-state index >= 15 is 0 Å². The zero-order valence-corrected chi connectivity index (χ0v) is 14.2. The van der Waals surface area contributed by atoms with E-state index in [9.17, 15) is 13.2 Å². The number of carbonyl (C=O) groups is 1. The number of rotatable bonds is 6. The second kappa shape index (κ2) is 6.68. The number of benzene rings is 1. The second-order valence-corrected chi connectivity index (χ2v) is 8.19. The average Bonchev–Trinajstić information content (AvgIpc) is 2.97. The number of amides is 1. The minimum absolute atomic E-state index is 0.0893. The number of aryl methyl sites for hydroxylation is 1. The molecule has 0 atom stereocenters. The Morgan fingerprint density at radius 1 is 1.25 bits per heavy atom. The molecule has 0 spiro atoms. The first-order chi connectivity index (χ1) is 11.4. The third-order valence-corrected chi connectivity index (χ3v) is 6.02. The molecule has 1 amide bonds. The van der Waals surface area contributed by atoms with Gasteiger partial charge in [-0.25, -0.2) is 8.42 Å². The van der Waals surface area contributed by atoms with Crippen LogP contribution < -0.4 is 4.74 Å². The third-order valence-electron chi connectivity index (χ3n) is 4.02. The molecule has 2 aromatic rings. The van der Waals surface area contributed by atoms with Crippen LogP contribution >= 0.6 is 0 Å². The van der Waals surface area contributed by atoms with Crippen LogP contribution in [-0.2, 0) is 20.4 Å². The molecule has 6 nitrogen and oxygen atoms in total. The minimum Gasteiger partial charge on any atom is -0.484 e. The molecule has 0 aliphatic carbocycles. The number of likely N-dealkylation sites (tertiary alicyclic amines) is 1. The van der Waals surface area contributed by atoms with Crippen LogP contribution in [0.3, 0.4) is 0 Å². The Morgan fingerprint density at radius 2 is 1.96 bits per heavy atom. The van der Waals surface area contributed by atoms with Crippen molar-refractivity contribution in [2.24, 2.45) is 0 Å². The van der Waals surface area contributed by atoms with E-state index < -0.39 is 15.1 Å². The topological polar surface area (TPSA) is 76.8 Å². The van der Waals surface area contributed by atoms with E-state index in [0.29, 0.717) is 11.5 Å². The average molecular weight is 349 g/mol. The van der Waals surface area contributed by atoms with Crippen molar-refractivity contribution in [3.63, 3.8) is 0 Å². The maximum Gasteiger partial charge on any atom is 0.260 e. The Kier molecular flexibility index (Phi) is 4.62. The molecular formula is C17H19NO5S. The summed E-state index contributed by atoms with van der Waals surface area (Å²) in [7, 11) is -3.31. The Balaban J connectivity index is 1.47. The number of ether oxygens (including phenoxy) is 1. The molecule has 1 aliphatic heterocycles. The van der Waals surface area contributed by atoms with E-state index in [4.69, 9.17) is 9.15 Å². The summed E-state index contributed by atoms with van der Waals surface area (Å²) in [4.78, 5) is 13.5. The van der Waals surface area contributed by atoms with Crippen molar-refractivity contribution in [1.82, 2.24) is 4.90 Å². The van der Waals surface area contributed by atoms with Gasteiger partial charge in [0.1, 0.15) is 17.3 Å². The number of carbonyl (C=O) groups excluding carboxylic acids is 1. The van der Waals surface area contributed by atoms with E-state index in [-0.39, 0.29) is 31.4 Å². The number of sulfone groups is 1. The number of furan rings is 1. The highest BCUT2D eigenvalue weighted by molar-refractivity contribution is 7.91. The zero-order chi connectivity index (χ0) is 17.2. The Bertz CT molecular complexity index is 790. The number of hydrogen-bond donors (Lipinski definition) is 0. The highest BCUT2D eigenvalue weighted by Gasteiger charge is 2.40. The van der Waals surface area contributed by atoms with Crippen molar-refractivity contribution in [2.75, 3.05) is 19.7 Å². The fourth-order valence-corrected chi connectivity index (χ4v) is 4.06. The minimum atomic E-state index is -3.31. The smallest absolute Gasteiger partial charge is 0.260 e. The van der Waals surface area contributed by atoms with Crippen molar-refractivity contribution in [2.45, 2.75) is 17.9 Å². The van der Waals surface area contributed by atoms with E-state index in [1.54, 1.807) is 24.3 Å². The van der Waals surface area contributed by atoms with Gasteiger partial charge in [0.05, 0.1) is 11.5 Å². The lowest BCUT2D eigenvalue weighted by Crippen LogP contribution is -2.58. The molecule has 3 rings (SSSR count). The van der Waals surface area contributed by atoms with Gasteiger partial charge in [-0.05, 0) is 31.2 Å². The maximum absolute atomic E-state index is 12.2. The van der Waals surface area contributed by atoms with Gasteiger partial charge in [-0.3, -0.25) is 4.79 Å². The predicted molar refractivity (Wildman–Crippen MR) is 88.4 cm³/mol. The van der Waals surface area contributed by atoms with Gasteiger partial charge in [-0.2, -0.15) is 0 Å². The van der Waals surface area contributed by atoms with Crippen LogP contribution in [0.25, 0.3) is 0 Å². The fourth-order valence-electron chi connectivity index (χ4n) is 2.45. The standard InChI is InChI=1S/C17H19NO5S/c1-13-4-6-14(7-5-13)23-11-17(19)18-9-16(10-18)24(20,21)12-15-3-2-8-22-15/h2-8,16H,9-12H2,1H3. The van der Waals surface area contributed by atoms with Crippen molar-refractivity contribution in [3.8, 4) is 5.75 Å². The summed E-state index contributed by atoms with van der Waals surface area (Å²) >= 11 is 0. The molecule has 0 N–H and O–H groups in total. The molecular weight excluding hydrogens is 330 g/mol. The zero-order valence-electron chi connectivity index (χ0n) is 13.3. The summed E-state index contributed by atoms with van der Waals surface area (Å²) in [6.45, 7) is 2.30. The normalized spacial score (nSPS) is 15.1. The first-order valence-corrected chi connectivity index (χ1v) is 9.37.